The van der Waals surface area contributed by atoms with Crippen molar-refractivity contribution in [1.82, 2.24) is 0 Å². The Balaban J connectivity index is 0.00000147. The first-order chi connectivity index (χ1) is 9.20. The van der Waals surface area contributed by atoms with Crippen LogP contribution in [-0.2, 0) is 9.53 Å². The molecule has 0 saturated heterocycles. The van der Waals surface area contributed by atoms with E-state index in [0.29, 0.717) is 5.56 Å². The molecule has 0 bridgehead atoms. The summed E-state index contributed by atoms with van der Waals surface area (Å²) in [4.78, 5) is 11.3. The minimum absolute atomic E-state index is 0. The number of ether oxygens (including phenoxy) is 1. The zero-order chi connectivity index (χ0) is 13.4. The van der Waals surface area contributed by atoms with Crippen LogP contribution in [0.15, 0.2) is 46.9 Å². The molecule has 0 fully saturated rings. The van der Waals surface area contributed by atoms with Crippen LogP contribution in [-0.4, -0.2) is 13.0 Å². The molecule has 1 aromatic heterocycles. The number of nitrogens with two attached hydrogens (primary N) is 1. The minimum Gasteiger partial charge on any atom is -0.456 e. The summed E-state index contributed by atoms with van der Waals surface area (Å²) < 4.78 is 10.9. The standard InChI is InChI=1S/C15H13NO3.ClH/c1-18-14(15(16)17)9-6-7-11-10-4-2-3-5-12(10)19-13(11)8-9;/h2-8,14H,1H3,(H2,16,17);1H. The van der Waals surface area contributed by atoms with Gasteiger partial charge in [-0.05, 0) is 17.7 Å². The van der Waals surface area contributed by atoms with Crippen LogP contribution in [0.25, 0.3) is 21.9 Å². The number of carbonyl (C=O) groups excluding carboxylic acids is 1. The molecule has 20 heavy (non-hydrogen) atoms. The highest BCUT2D eigenvalue weighted by Gasteiger charge is 2.18. The number of amides is 1. The second kappa shape index (κ2) is 5.53. The smallest absolute Gasteiger partial charge is 0.251 e. The summed E-state index contributed by atoms with van der Waals surface area (Å²) in [5.41, 5.74) is 7.55. The third-order valence-corrected chi connectivity index (χ3v) is 3.20. The Morgan fingerprint density at radius 3 is 2.55 bits per heavy atom. The van der Waals surface area contributed by atoms with E-state index in [0.717, 1.165) is 21.9 Å². The molecule has 104 valence electrons. The van der Waals surface area contributed by atoms with E-state index in [1.165, 1.54) is 7.11 Å². The number of carbonyl (C=O) groups is 1. The molecule has 1 heterocycles. The summed E-state index contributed by atoms with van der Waals surface area (Å²) >= 11 is 0. The van der Waals surface area contributed by atoms with Crippen molar-refractivity contribution in [2.75, 3.05) is 7.11 Å². The second-order valence-corrected chi connectivity index (χ2v) is 4.37. The summed E-state index contributed by atoms with van der Waals surface area (Å²) in [6, 6.07) is 13.4. The lowest BCUT2D eigenvalue weighted by Gasteiger charge is -2.11. The number of para-hydroxylation sites is 1. The van der Waals surface area contributed by atoms with Crippen molar-refractivity contribution in [3.8, 4) is 0 Å². The van der Waals surface area contributed by atoms with E-state index in [4.69, 9.17) is 14.9 Å². The highest BCUT2D eigenvalue weighted by Crippen LogP contribution is 2.30. The maximum atomic E-state index is 11.3. The van der Waals surface area contributed by atoms with Crippen molar-refractivity contribution in [1.29, 1.82) is 0 Å². The molecule has 5 heteroatoms. The minimum atomic E-state index is -0.752. The van der Waals surface area contributed by atoms with Gasteiger partial charge in [-0.1, -0.05) is 30.3 Å². The van der Waals surface area contributed by atoms with Gasteiger partial charge in [0.25, 0.3) is 5.91 Å². The number of furan rings is 1. The average molecular weight is 292 g/mol. The number of benzene rings is 2. The Morgan fingerprint density at radius 1 is 1.15 bits per heavy atom. The predicted octanol–water partition coefficient (Wildman–Crippen LogP) is 3.18. The molecule has 0 radical (unpaired) electrons. The lowest BCUT2D eigenvalue weighted by Crippen LogP contribution is -2.22. The number of methoxy groups -OCH3 is 1. The van der Waals surface area contributed by atoms with Gasteiger partial charge >= 0.3 is 0 Å². The monoisotopic (exact) mass is 291 g/mol. The number of fused-ring (bicyclic) bond motifs is 3. The third-order valence-electron chi connectivity index (χ3n) is 3.20. The average Bonchev–Trinajstić information content (AvgIpc) is 2.76. The highest BCUT2D eigenvalue weighted by molar-refractivity contribution is 6.05. The molecule has 3 rings (SSSR count). The number of primary amides is 1. The van der Waals surface area contributed by atoms with Crippen LogP contribution in [0.3, 0.4) is 0 Å². The first kappa shape index (κ1) is 14.4. The van der Waals surface area contributed by atoms with E-state index in [9.17, 15) is 4.79 Å². The number of hydrogen-bond acceptors (Lipinski definition) is 3. The van der Waals surface area contributed by atoms with Gasteiger partial charge in [0.2, 0.25) is 0 Å². The quantitative estimate of drug-likeness (QED) is 0.806. The van der Waals surface area contributed by atoms with Crippen molar-refractivity contribution in [2.24, 2.45) is 5.73 Å². The van der Waals surface area contributed by atoms with Gasteiger partial charge in [0.05, 0.1) is 0 Å². The van der Waals surface area contributed by atoms with Crippen molar-refractivity contribution >= 4 is 40.3 Å². The topological polar surface area (TPSA) is 65.5 Å². The molecule has 2 aromatic carbocycles. The molecule has 0 saturated carbocycles. The van der Waals surface area contributed by atoms with Gasteiger partial charge in [0.1, 0.15) is 11.2 Å². The van der Waals surface area contributed by atoms with Crippen LogP contribution in [0.5, 0.6) is 0 Å². The molecule has 0 aliphatic carbocycles. The second-order valence-electron chi connectivity index (χ2n) is 4.37. The molecule has 1 atom stereocenters. The third kappa shape index (κ3) is 2.24. The Labute approximate surface area is 121 Å². The molecule has 2 N–H and O–H groups in total. The van der Waals surface area contributed by atoms with Crippen molar-refractivity contribution in [3.05, 3.63) is 48.0 Å². The van der Waals surface area contributed by atoms with Crippen molar-refractivity contribution < 1.29 is 13.9 Å². The largest absolute Gasteiger partial charge is 0.456 e. The molecular formula is C15H14ClNO3. The van der Waals surface area contributed by atoms with E-state index in [2.05, 4.69) is 0 Å². The molecule has 0 aliphatic rings. The Kier molecular flexibility index (Phi) is 3.97. The van der Waals surface area contributed by atoms with E-state index >= 15 is 0 Å². The maximum Gasteiger partial charge on any atom is 0.251 e. The van der Waals surface area contributed by atoms with Gasteiger partial charge < -0.3 is 14.9 Å². The van der Waals surface area contributed by atoms with Crippen LogP contribution in [0.1, 0.15) is 11.7 Å². The normalized spacial score (nSPS) is 12.2. The first-order valence-electron chi connectivity index (χ1n) is 5.94. The fourth-order valence-corrected chi connectivity index (χ4v) is 2.32. The van der Waals surface area contributed by atoms with Crippen molar-refractivity contribution in [2.45, 2.75) is 6.10 Å². The van der Waals surface area contributed by atoms with E-state index < -0.39 is 12.0 Å². The zero-order valence-electron chi connectivity index (χ0n) is 10.8. The van der Waals surface area contributed by atoms with Gasteiger partial charge in [0.15, 0.2) is 6.10 Å². The fourth-order valence-electron chi connectivity index (χ4n) is 2.32. The summed E-state index contributed by atoms with van der Waals surface area (Å²) in [6.45, 7) is 0. The number of halogens is 1. The fraction of sp³-hybridized carbons (Fsp3) is 0.133. The summed E-state index contributed by atoms with van der Waals surface area (Å²) in [5, 5.41) is 2.07. The summed E-state index contributed by atoms with van der Waals surface area (Å²) in [6.07, 6.45) is -0.752. The molecule has 4 nitrogen and oxygen atoms in total. The van der Waals surface area contributed by atoms with E-state index in [1.54, 1.807) is 6.07 Å². The number of hydrogen-bond donors (Lipinski definition) is 1. The molecule has 0 spiro atoms. The molecule has 3 aromatic rings. The van der Waals surface area contributed by atoms with Crippen LogP contribution in [0, 0.1) is 0 Å². The summed E-state index contributed by atoms with van der Waals surface area (Å²) in [5.74, 6) is -0.516. The molecule has 1 unspecified atom stereocenters. The van der Waals surface area contributed by atoms with Crippen LogP contribution in [0.4, 0.5) is 0 Å². The molecular weight excluding hydrogens is 278 g/mol. The highest BCUT2D eigenvalue weighted by atomic mass is 35.5. The number of rotatable bonds is 3. The Bertz CT molecular complexity index is 766. The van der Waals surface area contributed by atoms with Gasteiger partial charge in [-0.15, -0.1) is 12.4 Å². The molecule has 0 aliphatic heterocycles. The van der Waals surface area contributed by atoms with Gasteiger partial charge in [0, 0.05) is 17.9 Å². The van der Waals surface area contributed by atoms with E-state index in [-0.39, 0.29) is 12.4 Å². The van der Waals surface area contributed by atoms with Crippen molar-refractivity contribution in [3.63, 3.8) is 0 Å². The van der Waals surface area contributed by atoms with E-state index in [1.807, 2.05) is 36.4 Å². The lowest BCUT2D eigenvalue weighted by molar-refractivity contribution is -0.128. The zero-order valence-corrected chi connectivity index (χ0v) is 11.6. The lowest BCUT2D eigenvalue weighted by atomic mass is 10.1. The molecule has 1 amide bonds. The van der Waals surface area contributed by atoms with Crippen LogP contribution >= 0.6 is 12.4 Å². The van der Waals surface area contributed by atoms with Crippen LogP contribution < -0.4 is 5.73 Å². The van der Waals surface area contributed by atoms with Gasteiger partial charge in [-0.25, -0.2) is 0 Å². The Hall–Kier alpha value is -2.04. The van der Waals surface area contributed by atoms with Gasteiger partial charge in [-0.2, -0.15) is 0 Å². The Morgan fingerprint density at radius 2 is 1.85 bits per heavy atom. The predicted molar refractivity (Wildman–Crippen MR) is 79.9 cm³/mol. The SMILES string of the molecule is COC(C(N)=O)c1ccc2c(c1)oc1ccccc12.Cl. The maximum absolute atomic E-state index is 11.3. The van der Waals surface area contributed by atoms with Crippen LogP contribution in [0.2, 0.25) is 0 Å². The van der Waals surface area contributed by atoms with Gasteiger partial charge in [-0.3, -0.25) is 4.79 Å². The first-order valence-corrected chi connectivity index (χ1v) is 5.94. The summed E-state index contributed by atoms with van der Waals surface area (Å²) in [7, 11) is 1.46.